The van der Waals surface area contributed by atoms with Crippen LogP contribution in [-0.2, 0) is 14.3 Å². The largest absolute Gasteiger partial charge is 0.497 e. The minimum Gasteiger partial charge on any atom is -0.497 e. The van der Waals surface area contributed by atoms with E-state index in [1.807, 2.05) is 0 Å². The Labute approximate surface area is 165 Å². The first kappa shape index (κ1) is 20.6. The average molecular weight is 409 g/mol. The van der Waals surface area contributed by atoms with Crippen molar-refractivity contribution in [2.75, 3.05) is 24.8 Å². The van der Waals surface area contributed by atoms with Gasteiger partial charge in [-0.1, -0.05) is 23.7 Å². The van der Waals surface area contributed by atoms with Gasteiger partial charge in [0.25, 0.3) is 5.91 Å². The molecule has 0 atom stereocenters. The van der Waals surface area contributed by atoms with Gasteiger partial charge in [0.2, 0.25) is 0 Å². The van der Waals surface area contributed by atoms with Gasteiger partial charge in [0.05, 0.1) is 17.9 Å². The maximum absolute atomic E-state index is 11.7. The van der Waals surface area contributed by atoms with Crippen LogP contribution in [0, 0.1) is 0 Å². The first-order valence-electron chi connectivity index (χ1n) is 7.76. The maximum atomic E-state index is 11.7. The van der Waals surface area contributed by atoms with Crippen LogP contribution in [0.25, 0.3) is 0 Å². The van der Waals surface area contributed by atoms with Gasteiger partial charge in [-0.3, -0.25) is 14.9 Å². The fraction of sp³-hybridized carbons (Fsp3) is 0.167. The fourth-order valence-corrected chi connectivity index (χ4v) is 2.92. The zero-order valence-electron chi connectivity index (χ0n) is 14.4. The molecule has 3 amide bonds. The highest BCUT2D eigenvalue weighted by atomic mass is 35.5. The van der Waals surface area contributed by atoms with Crippen molar-refractivity contribution in [2.24, 2.45) is 0 Å². The lowest BCUT2D eigenvalue weighted by Crippen LogP contribution is -2.37. The molecule has 0 heterocycles. The summed E-state index contributed by atoms with van der Waals surface area (Å²) in [6.07, 6.45) is 0. The molecule has 27 heavy (non-hydrogen) atoms. The number of thioether (sulfide) groups is 1. The third-order valence-corrected chi connectivity index (χ3v) is 4.64. The zero-order valence-corrected chi connectivity index (χ0v) is 15.9. The Hall–Kier alpha value is -2.71. The number of rotatable bonds is 7. The van der Waals surface area contributed by atoms with Crippen LogP contribution >= 0.6 is 23.4 Å². The highest BCUT2D eigenvalue weighted by Crippen LogP contribution is 2.26. The number of carbonyl (C=O) groups is 3. The number of ether oxygens (including phenoxy) is 2. The minimum atomic E-state index is -0.739. The van der Waals surface area contributed by atoms with Gasteiger partial charge in [0.15, 0.2) is 6.61 Å². The van der Waals surface area contributed by atoms with Crippen molar-refractivity contribution >= 4 is 47.0 Å². The molecule has 0 bridgehead atoms. The summed E-state index contributed by atoms with van der Waals surface area (Å²) in [6.45, 7) is -0.558. The second-order valence-corrected chi connectivity index (χ2v) is 6.53. The van der Waals surface area contributed by atoms with Gasteiger partial charge >= 0.3 is 12.0 Å². The Bertz CT molecular complexity index is 814. The lowest BCUT2D eigenvalue weighted by molar-refractivity contribution is -0.145. The smallest absolute Gasteiger partial charge is 0.325 e. The number of anilines is 1. The van der Waals surface area contributed by atoms with Crippen LogP contribution in [0.1, 0.15) is 0 Å². The van der Waals surface area contributed by atoms with E-state index in [9.17, 15) is 14.4 Å². The minimum absolute atomic E-state index is 0.00490. The Kier molecular flexibility index (Phi) is 7.97. The molecule has 0 radical (unpaired) electrons. The summed E-state index contributed by atoms with van der Waals surface area (Å²) in [6, 6.07) is 12.9. The van der Waals surface area contributed by atoms with Gasteiger partial charge in [-0.25, -0.2) is 4.79 Å². The molecule has 0 saturated heterocycles. The summed E-state index contributed by atoms with van der Waals surface area (Å²) in [7, 11) is 1.53. The van der Waals surface area contributed by atoms with Crippen LogP contribution in [0.15, 0.2) is 53.4 Å². The summed E-state index contributed by atoms with van der Waals surface area (Å²) in [5, 5.41) is 5.08. The number of hydrogen-bond acceptors (Lipinski definition) is 6. The molecule has 2 rings (SSSR count). The first-order valence-corrected chi connectivity index (χ1v) is 9.12. The number of urea groups is 1. The van der Waals surface area contributed by atoms with E-state index in [0.717, 1.165) is 4.90 Å². The number of benzene rings is 2. The molecule has 0 spiro atoms. The van der Waals surface area contributed by atoms with Gasteiger partial charge in [-0.05, 0) is 36.4 Å². The third kappa shape index (κ3) is 7.20. The molecule has 2 N–H and O–H groups in total. The van der Waals surface area contributed by atoms with Crippen molar-refractivity contribution in [3.8, 4) is 5.75 Å². The molecular formula is C18H17ClN2O5S. The molecule has 0 fully saturated rings. The molecule has 7 nitrogen and oxygen atoms in total. The Balaban J connectivity index is 1.69. The van der Waals surface area contributed by atoms with E-state index in [0.29, 0.717) is 16.5 Å². The van der Waals surface area contributed by atoms with Crippen molar-refractivity contribution in [3.63, 3.8) is 0 Å². The number of methoxy groups -OCH3 is 1. The Morgan fingerprint density at radius 2 is 1.78 bits per heavy atom. The molecule has 2 aromatic rings. The molecule has 0 aliphatic heterocycles. The molecule has 0 unspecified atom stereocenters. The molecule has 9 heteroatoms. The molecule has 0 aliphatic carbocycles. The lowest BCUT2D eigenvalue weighted by Gasteiger charge is -2.08. The SMILES string of the molecule is COc1ccc(NC(=O)NC(=O)COC(=O)CSc2ccccc2Cl)cc1. The Morgan fingerprint density at radius 1 is 1.07 bits per heavy atom. The van der Waals surface area contributed by atoms with E-state index in [1.54, 1.807) is 48.5 Å². The van der Waals surface area contributed by atoms with Crippen molar-refractivity contribution in [3.05, 3.63) is 53.6 Å². The molecule has 142 valence electrons. The third-order valence-electron chi connectivity index (χ3n) is 3.15. The number of carbonyl (C=O) groups excluding carboxylic acids is 3. The van der Waals surface area contributed by atoms with E-state index in [4.69, 9.17) is 21.1 Å². The van der Waals surface area contributed by atoms with Crippen LogP contribution < -0.4 is 15.4 Å². The summed E-state index contributed by atoms with van der Waals surface area (Å²) >= 11 is 7.19. The number of hydrogen-bond donors (Lipinski definition) is 2. The van der Waals surface area contributed by atoms with Crippen LogP contribution in [0.2, 0.25) is 5.02 Å². The standard InChI is InChI=1S/C18H17ClN2O5S/c1-25-13-8-6-12(7-9-13)20-18(24)21-16(22)10-26-17(23)11-27-15-5-3-2-4-14(15)19/h2-9H,10-11H2,1H3,(H2,20,21,22,24). The van der Waals surface area contributed by atoms with Gasteiger partial charge in [0.1, 0.15) is 5.75 Å². The zero-order chi connectivity index (χ0) is 19.6. The number of amides is 3. The van der Waals surface area contributed by atoms with E-state index in [1.165, 1.54) is 18.9 Å². The van der Waals surface area contributed by atoms with E-state index < -0.39 is 24.5 Å². The fourth-order valence-electron chi connectivity index (χ4n) is 1.89. The lowest BCUT2D eigenvalue weighted by atomic mass is 10.3. The summed E-state index contributed by atoms with van der Waals surface area (Å²) in [4.78, 5) is 35.8. The first-order chi connectivity index (χ1) is 13.0. The average Bonchev–Trinajstić information content (AvgIpc) is 2.66. The van der Waals surface area contributed by atoms with Crippen molar-refractivity contribution in [2.45, 2.75) is 4.90 Å². The molecule has 0 saturated carbocycles. The van der Waals surface area contributed by atoms with Crippen molar-refractivity contribution in [1.82, 2.24) is 5.32 Å². The maximum Gasteiger partial charge on any atom is 0.325 e. The number of halogens is 1. The van der Waals surface area contributed by atoms with Crippen LogP contribution in [0.4, 0.5) is 10.5 Å². The normalized spacial score (nSPS) is 10.0. The van der Waals surface area contributed by atoms with E-state index >= 15 is 0 Å². The van der Waals surface area contributed by atoms with Crippen LogP contribution in [0.5, 0.6) is 5.75 Å². The topological polar surface area (TPSA) is 93.7 Å². The molecule has 0 aliphatic rings. The number of esters is 1. The summed E-state index contributed by atoms with van der Waals surface area (Å²) in [5.41, 5.74) is 0.481. The Morgan fingerprint density at radius 3 is 2.44 bits per heavy atom. The van der Waals surface area contributed by atoms with Crippen molar-refractivity contribution in [1.29, 1.82) is 0 Å². The number of imide groups is 1. The van der Waals surface area contributed by atoms with Gasteiger partial charge in [0, 0.05) is 10.6 Å². The van der Waals surface area contributed by atoms with E-state index in [-0.39, 0.29) is 5.75 Å². The van der Waals surface area contributed by atoms with Crippen LogP contribution in [0.3, 0.4) is 0 Å². The highest BCUT2D eigenvalue weighted by molar-refractivity contribution is 8.00. The van der Waals surface area contributed by atoms with Gasteiger partial charge in [-0.15, -0.1) is 11.8 Å². The monoisotopic (exact) mass is 408 g/mol. The molecule has 0 aromatic heterocycles. The highest BCUT2D eigenvalue weighted by Gasteiger charge is 2.12. The summed E-state index contributed by atoms with van der Waals surface area (Å²) in [5.74, 6) is -0.698. The second-order valence-electron chi connectivity index (χ2n) is 5.11. The predicted molar refractivity (Wildman–Crippen MR) is 103 cm³/mol. The van der Waals surface area contributed by atoms with Gasteiger partial charge < -0.3 is 14.8 Å². The second kappa shape index (κ2) is 10.4. The van der Waals surface area contributed by atoms with Gasteiger partial charge in [-0.2, -0.15) is 0 Å². The van der Waals surface area contributed by atoms with E-state index in [2.05, 4.69) is 10.6 Å². The molecular weight excluding hydrogens is 392 g/mol. The molecule has 2 aromatic carbocycles. The van der Waals surface area contributed by atoms with Crippen LogP contribution in [-0.4, -0.2) is 37.4 Å². The predicted octanol–water partition coefficient (Wildman–Crippen LogP) is 3.33. The van der Waals surface area contributed by atoms with Crippen molar-refractivity contribution < 1.29 is 23.9 Å². The summed E-state index contributed by atoms with van der Waals surface area (Å²) < 4.78 is 9.84. The number of nitrogens with one attached hydrogen (secondary N) is 2. The quantitative estimate of drug-likeness (QED) is 0.539.